The van der Waals surface area contributed by atoms with Gasteiger partial charge >= 0.3 is 0 Å². The Morgan fingerprint density at radius 3 is 2.17 bits per heavy atom. The topological polar surface area (TPSA) is 156 Å². The molecule has 3 saturated heterocycles. The van der Waals surface area contributed by atoms with Gasteiger partial charge in [-0.15, -0.1) is 0 Å². The summed E-state index contributed by atoms with van der Waals surface area (Å²) < 4.78 is 69.9. The Labute approximate surface area is 342 Å². The standard InChI is InChI=1S/C43H44N5O9PS/c1-52-32-19-15-30(16-20-32)43(29-10-5-3-6-11-29,31-17-21-33(53-2)22-18-31)54-26-38-37(24-40(55-38)47-28-44-41-36(47)25-45-46-42(41)49)56-58-48-23-9-14-35(48)39(57-58)27-59(50,51)34-12-7-4-8-13-34/h3-8,10-13,15-22,25,28,35,37-40H,9,14,23-24,26-27H2,1-2H3,(H,46,49)/t35-,37-,38+,39+,40+,58+/m0/s1. The van der Waals surface area contributed by atoms with Gasteiger partial charge in [0.2, 0.25) is 0 Å². The average molecular weight is 838 g/mol. The molecule has 59 heavy (non-hydrogen) atoms. The quantitative estimate of drug-likeness (QED) is 0.0956. The van der Waals surface area contributed by atoms with E-state index in [-0.39, 0.29) is 28.8 Å². The highest BCUT2D eigenvalue weighted by molar-refractivity contribution is 7.91. The summed E-state index contributed by atoms with van der Waals surface area (Å²) in [5.41, 5.74) is 1.84. The molecule has 9 rings (SSSR count). The average Bonchev–Trinajstić information content (AvgIpc) is 4.08. The number of rotatable bonds is 14. The summed E-state index contributed by atoms with van der Waals surface area (Å²) in [5, 5.41) is 6.48. The molecule has 3 aliphatic heterocycles. The number of aromatic nitrogens is 4. The number of imidazole rings is 1. The highest BCUT2D eigenvalue weighted by Crippen LogP contribution is 2.58. The van der Waals surface area contributed by atoms with Gasteiger partial charge in [0.1, 0.15) is 29.4 Å². The van der Waals surface area contributed by atoms with Crippen LogP contribution in [0.4, 0.5) is 0 Å². The van der Waals surface area contributed by atoms with Crippen molar-refractivity contribution < 1.29 is 36.4 Å². The molecule has 6 atom stereocenters. The Bertz CT molecular complexity index is 2500. The lowest BCUT2D eigenvalue weighted by molar-refractivity contribution is -0.0905. The van der Waals surface area contributed by atoms with Gasteiger partial charge in [0.05, 0.1) is 61.7 Å². The first-order chi connectivity index (χ1) is 28.8. The van der Waals surface area contributed by atoms with Crippen molar-refractivity contribution in [3.63, 3.8) is 0 Å². The van der Waals surface area contributed by atoms with E-state index in [0.717, 1.165) is 36.1 Å². The van der Waals surface area contributed by atoms with Gasteiger partial charge in [0.15, 0.2) is 15.4 Å². The van der Waals surface area contributed by atoms with Crippen LogP contribution < -0.4 is 15.0 Å². The van der Waals surface area contributed by atoms with Crippen molar-refractivity contribution in [1.82, 2.24) is 24.4 Å². The van der Waals surface area contributed by atoms with Gasteiger partial charge in [0, 0.05) is 19.0 Å². The Kier molecular flexibility index (Phi) is 11.1. The number of hydrogen-bond donors (Lipinski definition) is 1. The Balaban J connectivity index is 1.07. The number of methoxy groups -OCH3 is 2. The van der Waals surface area contributed by atoms with E-state index < -0.39 is 54.1 Å². The number of benzene rings is 4. The van der Waals surface area contributed by atoms with Crippen molar-refractivity contribution in [2.75, 3.05) is 33.1 Å². The van der Waals surface area contributed by atoms with Gasteiger partial charge in [-0.2, -0.15) is 5.10 Å². The van der Waals surface area contributed by atoms with Crippen molar-refractivity contribution in [2.24, 2.45) is 0 Å². The lowest BCUT2D eigenvalue weighted by atomic mass is 9.80. The van der Waals surface area contributed by atoms with E-state index in [1.54, 1.807) is 61.6 Å². The molecule has 6 aromatic rings. The number of aromatic amines is 1. The normalized spacial score (nSPS) is 23.4. The van der Waals surface area contributed by atoms with Crippen LogP contribution in [0.3, 0.4) is 0 Å². The Morgan fingerprint density at radius 1 is 0.864 bits per heavy atom. The summed E-state index contributed by atoms with van der Waals surface area (Å²) in [7, 11) is -2.03. The summed E-state index contributed by atoms with van der Waals surface area (Å²) >= 11 is 0. The molecule has 0 amide bonds. The molecule has 0 saturated carbocycles. The summed E-state index contributed by atoms with van der Waals surface area (Å²) in [4.78, 5) is 17.3. The first-order valence-electron chi connectivity index (χ1n) is 19.5. The number of fused-ring (bicyclic) bond motifs is 2. The fourth-order valence-electron chi connectivity index (χ4n) is 8.41. The van der Waals surface area contributed by atoms with Gasteiger partial charge in [0.25, 0.3) is 14.1 Å². The molecule has 0 bridgehead atoms. The molecule has 4 aromatic carbocycles. The zero-order valence-electron chi connectivity index (χ0n) is 32.5. The van der Waals surface area contributed by atoms with Crippen molar-refractivity contribution in [3.05, 3.63) is 149 Å². The Hall–Kier alpha value is -4.99. The van der Waals surface area contributed by atoms with Crippen LogP contribution in [0.1, 0.15) is 42.2 Å². The molecule has 14 nitrogen and oxygen atoms in total. The molecular weight excluding hydrogens is 794 g/mol. The first-order valence-corrected chi connectivity index (χ1v) is 22.3. The number of nitrogens with one attached hydrogen (secondary N) is 1. The minimum Gasteiger partial charge on any atom is -0.497 e. The molecule has 5 heterocycles. The molecule has 3 fully saturated rings. The van der Waals surface area contributed by atoms with E-state index in [4.69, 9.17) is 28.0 Å². The number of nitrogens with zero attached hydrogens (tertiary/aromatic N) is 4. The van der Waals surface area contributed by atoms with Crippen LogP contribution in [0.15, 0.2) is 131 Å². The molecule has 16 heteroatoms. The molecule has 0 spiro atoms. The summed E-state index contributed by atoms with van der Waals surface area (Å²) in [6.07, 6.45) is 2.83. The second-order valence-corrected chi connectivity index (χ2v) is 18.2. The zero-order valence-corrected chi connectivity index (χ0v) is 34.2. The van der Waals surface area contributed by atoms with E-state index in [1.165, 1.54) is 0 Å². The third-order valence-corrected chi connectivity index (χ3v) is 15.0. The maximum atomic E-state index is 13.6. The fourth-order valence-corrected chi connectivity index (χ4v) is 12.0. The van der Waals surface area contributed by atoms with Gasteiger partial charge < -0.3 is 32.6 Å². The van der Waals surface area contributed by atoms with Crippen LogP contribution in [0.2, 0.25) is 0 Å². The summed E-state index contributed by atoms with van der Waals surface area (Å²) in [6.45, 7) is 0.793. The first kappa shape index (κ1) is 39.5. The minimum atomic E-state index is -3.62. The maximum absolute atomic E-state index is 13.6. The minimum absolute atomic E-state index is 0.0675. The smallest absolute Gasteiger partial charge is 0.292 e. The van der Waals surface area contributed by atoms with Crippen LogP contribution in [0.25, 0.3) is 11.0 Å². The molecule has 3 aliphatic rings. The molecule has 306 valence electrons. The molecule has 2 aromatic heterocycles. The van der Waals surface area contributed by atoms with Gasteiger partial charge in [-0.05, 0) is 65.9 Å². The highest BCUT2D eigenvalue weighted by atomic mass is 32.2. The fraction of sp³-hybridized carbons (Fsp3) is 0.326. The molecule has 1 N–H and O–H groups in total. The SMILES string of the molecule is COc1ccc(C(OC[C@H]2O[C@@H](n3cnc4c(=O)[nH]ncc43)C[C@@H]2O[P@]2O[C@H](CS(=O)(=O)c3ccccc3)[C@@H]3CCCN32)(c2ccccc2)c2ccc(OC)cc2)cc1. The zero-order chi connectivity index (χ0) is 40.6. The van der Waals surface area contributed by atoms with Gasteiger partial charge in [-0.3, -0.25) is 4.79 Å². The number of H-pyrrole nitrogens is 1. The summed E-state index contributed by atoms with van der Waals surface area (Å²) in [5.74, 6) is 1.26. The molecular formula is C43H44N5O9PS. The lowest BCUT2D eigenvalue weighted by Gasteiger charge is -2.37. The third kappa shape index (κ3) is 7.57. The number of ether oxygens (including phenoxy) is 4. The van der Waals surface area contributed by atoms with Gasteiger partial charge in [-0.1, -0.05) is 72.8 Å². The predicted molar refractivity (Wildman–Crippen MR) is 220 cm³/mol. The van der Waals surface area contributed by atoms with E-state index in [2.05, 4.69) is 19.9 Å². The lowest BCUT2D eigenvalue weighted by Crippen LogP contribution is -2.38. The van der Waals surface area contributed by atoms with Crippen LogP contribution in [0, 0.1) is 0 Å². The van der Waals surface area contributed by atoms with E-state index >= 15 is 0 Å². The summed E-state index contributed by atoms with van der Waals surface area (Å²) in [6, 6.07) is 34.0. The van der Waals surface area contributed by atoms with Crippen LogP contribution in [-0.2, 0) is 34.0 Å². The predicted octanol–water partition coefficient (Wildman–Crippen LogP) is 6.38. The third-order valence-electron chi connectivity index (χ3n) is 11.4. The van der Waals surface area contributed by atoms with E-state index in [1.807, 2.05) is 78.9 Å². The van der Waals surface area contributed by atoms with Crippen molar-refractivity contribution in [2.45, 2.75) is 60.3 Å². The van der Waals surface area contributed by atoms with E-state index in [9.17, 15) is 13.2 Å². The second kappa shape index (κ2) is 16.6. The Morgan fingerprint density at radius 2 is 1.51 bits per heavy atom. The maximum Gasteiger partial charge on any atom is 0.292 e. The molecule has 0 unspecified atom stereocenters. The van der Waals surface area contributed by atoms with Gasteiger partial charge in [-0.25, -0.2) is 23.2 Å². The number of sulfone groups is 1. The van der Waals surface area contributed by atoms with Crippen LogP contribution >= 0.6 is 8.53 Å². The van der Waals surface area contributed by atoms with Crippen molar-refractivity contribution in [3.8, 4) is 11.5 Å². The highest BCUT2D eigenvalue weighted by Gasteiger charge is 2.51. The van der Waals surface area contributed by atoms with Crippen molar-refractivity contribution in [1.29, 1.82) is 0 Å². The van der Waals surface area contributed by atoms with Crippen molar-refractivity contribution >= 4 is 29.4 Å². The number of hydrogen-bond acceptors (Lipinski definition) is 12. The largest absolute Gasteiger partial charge is 0.497 e. The molecule has 0 aliphatic carbocycles. The molecule has 0 radical (unpaired) electrons. The van der Waals surface area contributed by atoms with Crippen LogP contribution in [0.5, 0.6) is 11.5 Å². The van der Waals surface area contributed by atoms with E-state index in [0.29, 0.717) is 23.4 Å². The monoisotopic (exact) mass is 837 g/mol. The second-order valence-electron chi connectivity index (χ2n) is 14.8. The van der Waals surface area contributed by atoms with Crippen LogP contribution in [-0.4, -0.2) is 90.3 Å².